The molecule has 0 bridgehead atoms. The first kappa shape index (κ1) is 22.0. The van der Waals surface area contributed by atoms with Crippen LogP contribution in [0.15, 0.2) is 77.5 Å². The summed E-state index contributed by atoms with van der Waals surface area (Å²) in [5.41, 5.74) is 3.78. The lowest BCUT2D eigenvalue weighted by atomic mass is 9.84. The van der Waals surface area contributed by atoms with Crippen molar-refractivity contribution in [2.75, 3.05) is 18.7 Å². The van der Waals surface area contributed by atoms with E-state index >= 15 is 4.39 Å². The van der Waals surface area contributed by atoms with Gasteiger partial charge in [0.15, 0.2) is 0 Å². The van der Waals surface area contributed by atoms with Crippen LogP contribution in [-0.2, 0) is 0 Å². The van der Waals surface area contributed by atoms with E-state index in [1.807, 2.05) is 48.7 Å². The van der Waals surface area contributed by atoms with Crippen LogP contribution in [0.5, 0.6) is 11.5 Å². The summed E-state index contributed by atoms with van der Waals surface area (Å²) >= 11 is 7.81. The van der Waals surface area contributed by atoms with Gasteiger partial charge in [-0.15, -0.1) is 5.10 Å². The van der Waals surface area contributed by atoms with Gasteiger partial charge in [0, 0.05) is 21.7 Å². The third kappa shape index (κ3) is 3.64. The molecule has 0 saturated heterocycles. The molecule has 6 nitrogen and oxygen atoms in total. The number of thioether (sulfide) groups is 1. The van der Waals surface area contributed by atoms with E-state index in [-0.39, 0.29) is 5.82 Å². The van der Waals surface area contributed by atoms with Crippen molar-refractivity contribution in [2.24, 2.45) is 0 Å². The van der Waals surface area contributed by atoms with Gasteiger partial charge < -0.3 is 14.8 Å². The van der Waals surface area contributed by atoms with Gasteiger partial charge in [-0.2, -0.15) is 4.98 Å². The maximum absolute atomic E-state index is 15.3. The number of hydrogen-bond acceptors (Lipinski definition) is 6. The summed E-state index contributed by atoms with van der Waals surface area (Å²) in [6.07, 6.45) is 1.39. The number of anilines is 1. The smallest absolute Gasteiger partial charge is 0.227 e. The molecule has 4 aromatic rings. The number of hydrogen-bond donors (Lipinski definition) is 1. The molecule has 2 unspecified atom stereocenters. The summed E-state index contributed by atoms with van der Waals surface area (Å²) in [5, 5.41) is 9.30. The number of benzene rings is 3. The highest BCUT2D eigenvalue weighted by molar-refractivity contribution is 7.98. The predicted octanol–water partition coefficient (Wildman–Crippen LogP) is 6.36. The molecule has 0 radical (unpaired) electrons. The number of nitrogens with one attached hydrogen (secondary N) is 1. The fraction of sp³-hybridized carbons (Fsp3) is 0.154. The van der Waals surface area contributed by atoms with Gasteiger partial charge >= 0.3 is 0 Å². The topological polar surface area (TPSA) is 61.2 Å². The summed E-state index contributed by atoms with van der Waals surface area (Å²) in [6.45, 7) is 0. The van der Waals surface area contributed by atoms with Crippen molar-refractivity contribution in [3.05, 3.63) is 99.8 Å². The van der Waals surface area contributed by atoms with Crippen molar-refractivity contribution in [1.82, 2.24) is 14.8 Å². The Bertz CT molecular complexity index is 1470. The zero-order valence-electron chi connectivity index (χ0n) is 18.8. The first-order chi connectivity index (χ1) is 17.1. The Morgan fingerprint density at radius 1 is 1.11 bits per heavy atom. The van der Waals surface area contributed by atoms with Crippen LogP contribution in [0.1, 0.15) is 28.8 Å². The summed E-state index contributed by atoms with van der Waals surface area (Å²) in [4.78, 5) is 4.64. The molecule has 0 aliphatic carbocycles. The van der Waals surface area contributed by atoms with Gasteiger partial charge in [0.05, 0.1) is 12.8 Å². The van der Waals surface area contributed by atoms with E-state index in [1.54, 1.807) is 30.0 Å². The molecule has 6 rings (SSSR count). The molecule has 0 fully saturated rings. The number of nitrogens with zero attached hydrogens (tertiary/aromatic N) is 3. The van der Waals surface area contributed by atoms with E-state index in [9.17, 15) is 0 Å². The van der Waals surface area contributed by atoms with E-state index in [0.29, 0.717) is 27.4 Å². The lowest BCUT2D eigenvalue weighted by Crippen LogP contribution is -2.32. The Labute approximate surface area is 210 Å². The van der Waals surface area contributed by atoms with E-state index in [2.05, 4.69) is 10.3 Å². The van der Waals surface area contributed by atoms with Gasteiger partial charge in [0.2, 0.25) is 11.1 Å². The molecule has 1 aromatic heterocycles. The Morgan fingerprint density at radius 2 is 1.91 bits per heavy atom. The van der Waals surface area contributed by atoms with Gasteiger partial charge in [-0.3, -0.25) is 0 Å². The van der Waals surface area contributed by atoms with Gasteiger partial charge in [0.1, 0.15) is 29.5 Å². The first-order valence-corrected chi connectivity index (χ1v) is 12.5. The van der Waals surface area contributed by atoms with E-state index < -0.39 is 12.1 Å². The Morgan fingerprint density at radius 3 is 2.66 bits per heavy atom. The number of halogens is 2. The molecular weight excluding hydrogens is 487 g/mol. The van der Waals surface area contributed by atoms with Gasteiger partial charge in [-0.1, -0.05) is 53.7 Å². The van der Waals surface area contributed by atoms with Crippen LogP contribution in [0.25, 0.3) is 5.70 Å². The molecule has 0 saturated carbocycles. The first-order valence-electron chi connectivity index (χ1n) is 10.9. The van der Waals surface area contributed by atoms with Crippen molar-refractivity contribution in [3.8, 4) is 11.5 Å². The van der Waals surface area contributed by atoms with E-state index in [0.717, 1.165) is 28.1 Å². The molecular formula is C26H20ClFN4O2S. The average molecular weight is 507 g/mol. The van der Waals surface area contributed by atoms with Crippen LogP contribution in [-0.4, -0.2) is 28.1 Å². The van der Waals surface area contributed by atoms with Crippen molar-refractivity contribution in [1.29, 1.82) is 0 Å². The molecule has 2 aliphatic rings. The maximum Gasteiger partial charge on any atom is 0.227 e. The summed E-state index contributed by atoms with van der Waals surface area (Å²) in [7, 11) is 1.63. The lowest BCUT2D eigenvalue weighted by molar-refractivity contribution is 0.222. The average Bonchev–Trinajstić information content (AvgIpc) is 3.31. The quantitative estimate of drug-likeness (QED) is 0.325. The number of fused-ring (bicyclic) bond motifs is 3. The zero-order valence-corrected chi connectivity index (χ0v) is 20.4. The van der Waals surface area contributed by atoms with E-state index in [4.69, 9.17) is 26.2 Å². The third-order valence-electron chi connectivity index (χ3n) is 6.22. The summed E-state index contributed by atoms with van der Waals surface area (Å²) < 4.78 is 29.0. The SMILES string of the molecule is COc1ccc(C2Oc3ccc(Cl)cc3C3=C2C(c2ccccc2F)n2nc(SC)nc2N3)cc1. The Kier molecular flexibility index (Phi) is 5.42. The zero-order chi connectivity index (χ0) is 24.1. The van der Waals surface area contributed by atoms with Gasteiger partial charge in [-0.05, 0) is 48.2 Å². The van der Waals surface area contributed by atoms with Crippen LogP contribution >= 0.6 is 23.4 Å². The van der Waals surface area contributed by atoms with Crippen molar-refractivity contribution in [2.45, 2.75) is 17.3 Å². The molecule has 0 spiro atoms. The maximum atomic E-state index is 15.3. The summed E-state index contributed by atoms with van der Waals surface area (Å²) in [5.74, 6) is 1.61. The lowest BCUT2D eigenvalue weighted by Gasteiger charge is -2.39. The Balaban J connectivity index is 1.64. The van der Waals surface area contributed by atoms with Gasteiger partial charge in [0.25, 0.3) is 0 Å². The van der Waals surface area contributed by atoms with Crippen LogP contribution in [0.2, 0.25) is 5.02 Å². The standard InChI is InChI=1S/C26H20ClFN4O2S/c1-33-16-10-7-14(8-11-16)24-21-22(18-13-15(27)9-12-20(18)34-24)29-25-30-26(35-2)31-32(25)23(21)17-5-3-4-6-19(17)28/h3-13,23-24H,1-2H3,(H,29,30,31). The second-order valence-electron chi connectivity index (χ2n) is 8.16. The number of rotatable bonds is 4. The van der Waals surface area contributed by atoms with E-state index in [1.165, 1.54) is 17.8 Å². The molecule has 176 valence electrons. The normalized spacial score (nSPS) is 18.2. The molecule has 2 aliphatic heterocycles. The molecule has 1 N–H and O–H groups in total. The molecule has 9 heteroatoms. The fourth-order valence-corrected chi connectivity index (χ4v) is 5.14. The molecule has 2 atom stereocenters. The monoisotopic (exact) mass is 506 g/mol. The summed E-state index contributed by atoms with van der Waals surface area (Å²) in [6, 6.07) is 19.3. The largest absolute Gasteiger partial charge is 0.497 e. The Hall–Kier alpha value is -3.49. The van der Waals surface area contributed by atoms with Crippen molar-refractivity contribution in [3.63, 3.8) is 0 Å². The minimum atomic E-state index is -0.588. The molecule has 35 heavy (non-hydrogen) atoms. The van der Waals surface area contributed by atoms with Gasteiger partial charge in [-0.25, -0.2) is 9.07 Å². The van der Waals surface area contributed by atoms with Crippen LogP contribution in [0, 0.1) is 5.82 Å². The number of aromatic nitrogens is 3. The highest BCUT2D eigenvalue weighted by atomic mass is 35.5. The molecule has 3 aromatic carbocycles. The molecule has 0 amide bonds. The minimum Gasteiger partial charge on any atom is -0.497 e. The fourth-order valence-electron chi connectivity index (χ4n) is 4.62. The highest BCUT2D eigenvalue weighted by Gasteiger charge is 2.42. The second kappa shape index (κ2) is 8.62. The molecule has 3 heterocycles. The van der Waals surface area contributed by atoms with Crippen LogP contribution in [0.3, 0.4) is 0 Å². The van der Waals surface area contributed by atoms with Crippen molar-refractivity contribution >= 4 is 35.0 Å². The third-order valence-corrected chi connectivity index (χ3v) is 6.99. The highest BCUT2D eigenvalue weighted by Crippen LogP contribution is 2.51. The van der Waals surface area contributed by atoms with Crippen molar-refractivity contribution < 1.29 is 13.9 Å². The number of methoxy groups -OCH3 is 1. The number of ether oxygens (including phenoxy) is 2. The van der Waals surface area contributed by atoms with Crippen LogP contribution in [0.4, 0.5) is 10.3 Å². The second-order valence-corrected chi connectivity index (χ2v) is 9.37. The minimum absolute atomic E-state index is 0.330. The van der Waals surface area contributed by atoms with Crippen LogP contribution < -0.4 is 14.8 Å². The predicted molar refractivity (Wildman–Crippen MR) is 135 cm³/mol.